The van der Waals surface area contributed by atoms with E-state index in [-0.39, 0.29) is 12.0 Å². The summed E-state index contributed by atoms with van der Waals surface area (Å²) in [7, 11) is 1.77. The quantitative estimate of drug-likeness (QED) is 0.927. The number of aliphatic hydroxyl groups is 1. The van der Waals surface area contributed by atoms with E-state index < -0.39 is 0 Å². The molecule has 1 aromatic rings. The Hall–Kier alpha value is -1.13. The van der Waals surface area contributed by atoms with Crippen molar-refractivity contribution in [3.8, 4) is 0 Å². The maximum absolute atomic E-state index is 9.50. The van der Waals surface area contributed by atoms with Crippen LogP contribution in [0.3, 0.4) is 0 Å². The summed E-state index contributed by atoms with van der Waals surface area (Å²) in [6, 6.07) is 4.03. The van der Waals surface area contributed by atoms with Gasteiger partial charge in [0.15, 0.2) is 0 Å². The fourth-order valence-electron chi connectivity index (χ4n) is 2.77. The zero-order chi connectivity index (χ0) is 15.5. The van der Waals surface area contributed by atoms with E-state index in [4.69, 9.17) is 9.72 Å². The molecule has 4 heteroatoms. The lowest BCUT2D eigenvalue weighted by molar-refractivity contribution is 0.139. The molecular weight excluding hydrogens is 264 g/mol. The van der Waals surface area contributed by atoms with Crippen LogP contribution in [0.15, 0.2) is 12.1 Å². The molecule has 1 aromatic heterocycles. The summed E-state index contributed by atoms with van der Waals surface area (Å²) in [6.45, 7) is 9.42. The van der Waals surface area contributed by atoms with Crippen LogP contribution in [-0.4, -0.2) is 36.9 Å². The molecule has 0 aromatic carbocycles. The highest BCUT2D eigenvalue weighted by atomic mass is 16.5. The minimum Gasteiger partial charge on any atom is -0.392 e. The van der Waals surface area contributed by atoms with Crippen LogP contribution >= 0.6 is 0 Å². The first-order valence-electron chi connectivity index (χ1n) is 7.80. The number of rotatable bonds is 4. The van der Waals surface area contributed by atoms with Gasteiger partial charge in [-0.3, -0.25) is 0 Å². The average Bonchev–Trinajstić information content (AvgIpc) is 2.47. The zero-order valence-corrected chi connectivity index (χ0v) is 13.7. The second kappa shape index (κ2) is 6.75. The minimum atomic E-state index is -0.00565. The summed E-state index contributed by atoms with van der Waals surface area (Å²) in [6.07, 6.45) is 2.29. The lowest BCUT2D eigenvalue weighted by atomic mass is 9.90. The Kier molecular flexibility index (Phi) is 5.22. The summed E-state index contributed by atoms with van der Waals surface area (Å²) in [4.78, 5) is 7.16. The van der Waals surface area contributed by atoms with Crippen LogP contribution in [0.5, 0.6) is 0 Å². The smallest absolute Gasteiger partial charge is 0.129 e. The lowest BCUT2D eigenvalue weighted by Gasteiger charge is -2.33. The Morgan fingerprint density at radius 2 is 1.95 bits per heavy atom. The minimum absolute atomic E-state index is 0.00565. The standard InChI is InChI=1S/C17H28N2O2/c1-17(2,3)15-9-14(11-20)10-16(18-15)19-7-5-13(6-8-19)12-21-4/h9-10,13,20H,5-8,11-12H2,1-4H3. The van der Waals surface area contributed by atoms with Crippen molar-refractivity contribution in [2.24, 2.45) is 5.92 Å². The van der Waals surface area contributed by atoms with Crippen molar-refractivity contribution in [3.05, 3.63) is 23.4 Å². The van der Waals surface area contributed by atoms with Crippen molar-refractivity contribution >= 4 is 5.82 Å². The zero-order valence-electron chi connectivity index (χ0n) is 13.7. The first-order valence-corrected chi connectivity index (χ1v) is 7.80. The highest BCUT2D eigenvalue weighted by molar-refractivity contribution is 5.44. The SMILES string of the molecule is COCC1CCN(c2cc(CO)cc(C(C)(C)C)n2)CC1. The lowest BCUT2D eigenvalue weighted by Crippen LogP contribution is -2.36. The number of methoxy groups -OCH3 is 1. The van der Waals surface area contributed by atoms with E-state index in [9.17, 15) is 5.11 Å². The second-order valence-electron chi connectivity index (χ2n) is 7.01. The number of anilines is 1. The van der Waals surface area contributed by atoms with Crippen molar-refractivity contribution in [2.75, 3.05) is 31.7 Å². The van der Waals surface area contributed by atoms with Crippen LogP contribution in [0, 0.1) is 5.92 Å². The number of ether oxygens (including phenoxy) is 1. The van der Waals surface area contributed by atoms with Crippen molar-refractivity contribution in [1.82, 2.24) is 4.98 Å². The van der Waals surface area contributed by atoms with Crippen molar-refractivity contribution in [1.29, 1.82) is 0 Å². The summed E-state index contributed by atoms with van der Waals surface area (Å²) in [5.41, 5.74) is 1.99. The summed E-state index contributed by atoms with van der Waals surface area (Å²) in [5.74, 6) is 1.66. The van der Waals surface area contributed by atoms with E-state index in [0.29, 0.717) is 5.92 Å². The molecular formula is C17H28N2O2. The Bertz CT molecular complexity index is 460. The number of nitrogens with zero attached hydrogens (tertiary/aromatic N) is 2. The maximum Gasteiger partial charge on any atom is 0.129 e. The van der Waals surface area contributed by atoms with Gasteiger partial charge in [0, 0.05) is 37.9 Å². The Morgan fingerprint density at radius 1 is 1.29 bits per heavy atom. The number of hydrogen-bond acceptors (Lipinski definition) is 4. The number of aliphatic hydroxyl groups excluding tert-OH is 1. The maximum atomic E-state index is 9.50. The van der Waals surface area contributed by atoms with Gasteiger partial charge in [-0.1, -0.05) is 20.8 Å². The predicted octanol–water partition coefficient (Wildman–Crippen LogP) is 2.73. The Balaban J connectivity index is 2.16. The van der Waals surface area contributed by atoms with Gasteiger partial charge in [-0.05, 0) is 36.5 Å². The fraction of sp³-hybridized carbons (Fsp3) is 0.706. The fourth-order valence-corrected chi connectivity index (χ4v) is 2.77. The third-order valence-electron chi connectivity index (χ3n) is 4.16. The van der Waals surface area contributed by atoms with Crippen molar-refractivity contribution < 1.29 is 9.84 Å². The van der Waals surface area contributed by atoms with Crippen LogP contribution in [0.4, 0.5) is 5.82 Å². The van der Waals surface area contributed by atoms with E-state index in [2.05, 4.69) is 25.7 Å². The van der Waals surface area contributed by atoms with Gasteiger partial charge in [-0.25, -0.2) is 4.98 Å². The first kappa shape index (κ1) is 16.2. The van der Waals surface area contributed by atoms with Gasteiger partial charge in [-0.2, -0.15) is 0 Å². The highest BCUT2D eigenvalue weighted by Crippen LogP contribution is 2.27. The van der Waals surface area contributed by atoms with Crippen molar-refractivity contribution in [3.63, 3.8) is 0 Å². The molecule has 2 heterocycles. The molecule has 21 heavy (non-hydrogen) atoms. The third-order valence-corrected chi connectivity index (χ3v) is 4.16. The van der Waals surface area contributed by atoms with E-state index in [1.165, 1.54) is 0 Å². The normalized spacial score (nSPS) is 17.3. The molecule has 0 radical (unpaired) electrons. The molecule has 0 spiro atoms. The van der Waals surface area contributed by atoms with Gasteiger partial charge >= 0.3 is 0 Å². The van der Waals surface area contributed by atoms with Crippen LogP contribution in [0.25, 0.3) is 0 Å². The topological polar surface area (TPSA) is 45.6 Å². The summed E-state index contributed by atoms with van der Waals surface area (Å²) < 4.78 is 5.26. The molecule has 0 unspecified atom stereocenters. The molecule has 1 N–H and O–H groups in total. The highest BCUT2D eigenvalue weighted by Gasteiger charge is 2.23. The number of pyridine rings is 1. The molecule has 0 aliphatic carbocycles. The first-order chi connectivity index (χ1) is 9.94. The van der Waals surface area contributed by atoms with Crippen molar-refractivity contribution in [2.45, 2.75) is 45.6 Å². The molecule has 2 rings (SSSR count). The summed E-state index contributed by atoms with van der Waals surface area (Å²) in [5, 5.41) is 9.50. The predicted molar refractivity (Wildman–Crippen MR) is 85.7 cm³/mol. The molecule has 1 fully saturated rings. The van der Waals surface area contributed by atoms with Gasteiger partial charge in [0.1, 0.15) is 5.82 Å². The Morgan fingerprint density at radius 3 is 2.48 bits per heavy atom. The monoisotopic (exact) mass is 292 g/mol. The van der Waals surface area contributed by atoms with E-state index in [1.54, 1.807) is 7.11 Å². The van der Waals surface area contributed by atoms with Gasteiger partial charge in [-0.15, -0.1) is 0 Å². The van der Waals surface area contributed by atoms with E-state index >= 15 is 0 Å². The molecule has 0 bridgehead atoms. The van der Waals surface area contributed by atoms with Gasteiger partial charge in [0.05, 0.1) is 6.61 Å². The van der Waals surface area contributed by atoms with Crippen LogP contribution in [-0.2, 0) is 16.8 Å². The van der Waals surface area contributed by atoms with Gasteiger partial charge < -0.3 is 14.7 Å². The van der Waals surface area contributed by atoms with Crippen LogP contribution in [0.2, 0.25) is 0 Å². The number of hydrogen-bond donors (Lipinski definition) is 1. The average molecular weight is 292 g/mol. The van der Waals surface area contributed by atoms with Gasteiger partial charge in [0.25, 0.3) is 0 Å². The summed E-state index contributed by atoms with van der Waals surface area (Å²) >= 11 is 0. The largest absolute Gasteiger partial charge is 0.392 e. The Labute approximate surface area is 128 Å². The number of aromatic nitrogens is 1. The molecule has 0 atom stereocenters. The molecule has 0 saturated carbocycles. The van der Waals surface area contributed by atoms with Crippen LogP contribution in [0.1, 0.15) is 44.9 Å². The molecule has 0 amide bonds. The molecule has 4 nitrogen and oxygen atoms in total. The van der Waals surface area contributed by atoms with Crippen LogP contribution < -0.4 is 4.90 Å². The van der Waals surface area contributed by atoms with E-state index in [0.717, 1.165) is 49.6 Å². The third kappa shape index (κ3) is 4.17. The van der Waals surface area contributed by atoms with E-state index in [1.807, 2.05) is 12.1 Å². The molecule has 1 saturated heterocycles. The molecule has 1 aliphatic heterocycles. The van der Waals surface area contributed by atoms with Gasteiger partial charge in [0.2, 0.25) is 0 Å². The second-order valence-corrected chi connectivity index (χ2v) is 7.01. The molecule has 118 valence electrons. The molecule has 1 aliphatic rings. The number of piperidine rings is 1.